The zero-order valence-electron chi connectivity index (χ0n) is 17.2. The van der Waals surface area contributed by atoms with E-state index in [0.29, 0.717) is 17.7 Å². The molecule has 31 heavy (non-hydrogen) atoms. The summed E-state index contributed by atoms with van der Waals surface area (Å²) in [6.07, 6.45) is 5.74. The molecule has 8 heteroatoms. The largest absolute Gasteiger partial charge is 0.436 e. The van der Waals surface area contributed by atoms with Gasteiger partial charge in [0.2, 0.25) is 11.8 Å². The number of halogens is 1. The fraction of sp³-hybridized carbons (Fsp3) is 0.217. The Bertz CT molecular complexity index is 1270. The molecule has 1 aliphatic rings. The van der Waals surface area contributed by atoms with Crippen molar-refractivity contribution in [3.63, 3.8) is 0 Å². The van der Waals surface area contributed by atoms with Crippen LogP contribution in [0.15, 0.2) is 54.2 Å². The molecular weight excluding hydrogens is 417 g/mol. The van der Waals surface area contributed by atoms with Gasteiger partial charge in [-0.2, -0.15) is 4.98 Å². The number of aryl methyl sites for hydroxylation is 1. The summed E-state index contributed by atoms with van der Waals surface area (Å²) < 4.78 is 43.3. The number of hydrogen-bond acceptors (Lipinski definition) is 6. The zero-order valence-corrected chi connectivity index (χ0v) is 18.0. The number of rotatable bonds is 7. The first kappa shape index (κ1) is 21.0. The van der Waals surface area contributed by atoms with Crippen molar-refractivity contribution < 1.29 is 17.5 Å². The molecule has 0 amide bonds. The number of anilines is 2. The molecule has 1 aromatic heterocycles. The first-order valence-corrected chi connectivity index (χ1v) is 11.9. The van der Waals surface area contributed by atoms with E-state index in [-0.39, 0.29) is 23.3 Å². The van der Waals surface area contributed by atoms with Crippen LogP contribution in [-0.4, -0.2) is 30.4 Å². The SMILES string of the molecule is CC1=Cc2c(ccc(Oc3ccnc(Nc4cccc(CCS(C)(=O)=O)c4)n3)c2F)C1. The van der Waals surface area contributed by atoms with Crippen molar-refractivity contribution in [2.45, 2.75) is 19.8 Å². The number of ether oxygens (including phenoxy) is 1. The van der Waals surface area contributed by atoms with Crippen LogP contribution in [0.25, 0.3) is 6.08 Å². The lowest BCUT2D eigenvalue weighted by Crippen LogP contribution is -2.06. The maximum Gasteiger partial charge on any atom is 0.230 e. The second-order valence-electron chi connectivity index (χ2n) is 7.64. The number of nitrogens with one attached hydrogen (secondary N) is 1. The molecule has 0 fully saturated rings. The highest BCUT2D eigenvalue weighted by molar-refractivity contribution is 7.90. The van der Waals surface area contributed by atoms with Gasteiger partial charge in [-0.15, -0.1) is 0 Å². The Hall–Kier alpha value is -3.26. The molecule has 3 aromatic rings. The highest BCUT2D eigenvalue weighted by Crippen LogP contribution is 2.34. The summed E-state index contributed by atoms with van der Waals surface area (Å²) in [4.78, 5) is 8.49. The van der Waals surface area contributed by atoms with E-state index >= 15 is 0 Å². The van der Waals surface area contributed by atoms with Gasteiger partial charge in [0.1, 0.15) is 9.84 Å². The lowest BCUT2D eigenvalue weighted by Gasteiger charge is -2.11. The van der Waals surface area contributed by atoms with Crippen molar-refractivity contribution in [1.29, 1.82) is 0 Å². The molecule has 6 nitrogen and oxygen atoms in total. The van der Waals surface area contributed by atoms with E-state index < -0.39 is 15.7 Å². The van der Waals surface area contributed by atoms with Gasteiger partial charge in [-0.1, -0.05) is 29.8 Å². The van der Waals surface area contributed by atoms with Crippen LogP contribution < -0.4 is 10.1 Å². The van der Waals surface area contributed by atoms with Gasteiger partial charge in [-0.3, -0.25) is 0 Å². The van der Waals surface area contributed by atoms with E-state index in [1.807, 2.05) is 43.3 Å². The van der Waals surface area contributed by atoms with Gasteiger partial charge in [0.05, 0.1) is 5.75 Å². The molecule has 0 saturated heterocycles. The Morgan fingerprint density at radius 3 is 2.84 bits per heavy atom. The van der Waals surface area contributed by atoms with Gasteiger partial charge in [-0.25, -0.2) is 17.8 Å². The Morgan fingerprint density at radius 1 is 1.19 bits per heavy atom. The van der Waals surface area contributed by atoms with Crippen LogP contribution >= 0.6 is 0 Å². The highest BCUT2D eigenvalue weighted by atomic mass is 32.2. The molecule has 0 saturated carbocycles. The van der Waals surface area contributed by atoms with E-state index in [0.717, 1.165) is 23.1 Å². The van der Waals surface area contributed by atoms with Gasteiger partial charge in [0.15, 0.2) is 11.6 Å². The molecule has 0 atom stereocenters. The molecule has 0 bridgehead atoms. The van der Waals surface area contributed by atoms with Crippen molar-refractivity contribution in [1.82, 2.24) is 9.97 Å². The first-order valence-electron chi connectivity index (χ1n) is 9.80. The number of allylic oxidation sites excluding steroid dienone is 1. The molecule has 1 aliphatic carbocycles. The van der Waals surface area contributed by atoms with Gasteiger partial charge in [0.25, 0.3) is 0 Å². The summed E-state index contributed by atoms with van der Waals surface area (Å²) in [5.74, 6) is 0.286. The maximum absolute atomic E-state index is 14.8. The third-order valence-corrected chi connectivity index (χ3v) is 5.83. The molecule has 0 spiro atoms. The van der Waals surface area contributed by atoms with Crippen molar-refractivity contribution in [2.24, 2.45) is 0 Å². The van der Waals surface area contributed by atoms with Crippen LogP contribution in [0.3, 0.4) is 0 Å². The molecule has 0 unspecified atom stereocenters. The Kier molecular flexibility index (Phi) is 5.73. The number of sulfone groups is 1. The monoisotopic (exact) mass is 439 g/mol. The predicted octanol–water partition coefficient (Wildman–Crippen LogP) is 4.70. The van der Waals surface area contributed by atoms with Crippen molar-refractivity contribution in [2.75, 3.05) is 17.3 Å². The molecule has 2 aromatic carbocycles. The van der Waals surface area contributed by atoms with E-state index in [4.69, 9.17) is 4.74 Å². The Balaban J connectivity index is 1.49. The number of nitrogens with zero attached hydrogens (tertiary/aromatic N) is 2. The summed E-state index contributed by atoms with van der Waals surface area (Å²) in [7, 11) is -3.04. The Labute approximate surface area is 180 Å². The van der Waals surface area contributed by atoms with E-state index in [1.54, 1.807) is 12.1 Å². The van der Waals surface area contributed by atoms with Crippen LogP contribution in [-0.2, 0) is 22.7 Å². The first-order chi connectivity index (χ1) is 14.8. The fourth-order valence-corrected chi connectivity index (χ4v) is 4.02. The van der Waals surface area contributed by atoms with Gasteiger partial charge >= 0.3 is 0 Å². The fourth-order valence-electron chi connectivity index (χ4n) is 3.41. The quantitative estimate of drug-likeness (QED) is 0.575. The van der Waals surface area contributed by atoms with Crippen LogP contribution in [0, 0.1) is 5.82 Å². The lowest BCUT2D eigenvalue weighted by atomic mass is 10.1. The second kappa shape index (κ2) is 8.47. The van der Waals surface area contributed by atoms with Gasteiger partial charge in [-0.05, 0) is 49.1 Å². The standard InChI is InChI=1S/C23H22FN3O3S/c1-15-12-17-6-7-20(22(24)19(17)13-15)30-21-8-10-25-23(27-21)26-18-5-3-4-16(14-18)9-11-31(2,28)29/h3-8,10,13-14H,9,11-12H2,1-2H3,(H,25,26,27). The lowest BCUT2D eigenvalue weighted by molar-refractivity contribution is 0.426. The van der Waals surface area contributed by atoms with Crippen molar-refractivity contribution in [3.05, 3.63) is 76.7 Å². The molecule has 4 rings (SSSR count). The molecule has 0 radical (unpaired) electrons. The average Bonchev–Trinajstić information content (AvgIpc) is 3.10. The van der Waals surface area contributed by atoms with Crippen LogP contribution in [0.2, 0.25) is 0 Å². The number of benzene rings is 2. The summed E-state index contributed by atoms with van der Waals surface area (Å²) in [6.45, 7) is 1.97. The number of fused-ring (bicyclic) bond motifs is 1. The highest BCUT2D eigenvalue weighted by Gasteiger charge is 2.18. The summed E-state index contributed by atoms with van der Waals surface area (Å²) >= 11 is 0. The van der Waals surface area contributed by atoms with Crippen LogP contribution in [0.5, 0.6) is 11.6 Å². The molecule has 1 N–H and O–H groups in total. The average molecular weight is 440 g/mol. The van der Waals surface area contributed by atoms with Gasteiger partial charge < -0.3 is 10.1 Å². The summed E-state index contributed by atoms with van der Waals surface area (Å²) in [5, 5.41) is 3.07. The topological polar surface area (TPSA) is 81.2 Å². The van der Waals surface area contributed by atoms with Gasteiger partial charge in [0, 0.05) is 29.8 Å². The third kappa shape index (κ3) is 5.27. The van der Waals surface area contributed by atoms with E-state index in [2.05, 4.69) is 15.3 Å². The summed E-state index contributed by atoms with van der Waals surface area (Å²) in [5.41, 5.74) is 4.22. The minimum Gasteiger partial charge on any atom is -0.436 e. The summed E-state index contributed by atoms with van der Waals surface area (Å²) in [6, 6.07) is 12.4. The van der Waals surface area contributed by atoms with E-state index in [9.17, 15) is 12.8 Å². The minimum atomic E-state index is -3.04. The normalized spacial score (nSPS) is 12.9. The molecular formula is C23H22FN3O3S. The second-order valence-corrected chi connectivity index (χ2v) is 9.90. The number of hydrogen-bond donors (Lipinski definition) is 1. The van der Waals surface area contributed by atoms with Crippen molar-refractivity contribution in [3.8, 4) is 11.6 Å². The molecule has 160 valence electrons. The van der Waals surface area contributed by atoms with Crippen LogP contribution in [0.1, 0.15) is 23.6 Å². The number of aromatic nitrogens is 2. The Morgan fingerprint density at radius 2 is 2.03 bits per heavy atom. The predicted molar refractivity (Wildman–Crippen MR) is 119 cm³/mol. The maximum atomic E-state index is 14.8. The zero-order chi connectivity index (χ0) is 22.0. The van der Waals surface area contributed by atoms with Crippen LogP contribution in [0.4, 0.5) is 16.0 Å². The molecule has 0 aliphatic heterocycles. The third-order valence-electron chi connectivity index (χ3n) is 4.88. The molecule has 1 heterocycles. The van der Waals surface area contributed by atoms with Crippen molar-refractivity contribution >= 4 is 27.5 Å². The minimum absolute atomic E-state index is 0.0807. The van der Waals surface area contributed by atoms with E-state index in [1.165, 1.54) is 12.5 Å². The smallest absolute Gasteiger partial charge is 0.230 e.